The number of hydrogen-bond acceptors (Lipinski definition) is 5. The first-order valence-electron chi connectivity index (χ1n) is 6.36. The molecule has 1 aromatic carbocycles. The molecule has 0 aliphatic carbocycles. The van der Waals surface area contributed by atoms with E-state index in [1.54, 1.807) is 6.07 Å². The molecule has 19 heavy (non-hydrogen) atoms. The Hall–Kier alpha value is -2.13. The largest absolute Gasteiger partial charge is 0.366 e. The summed E-state index contributed by atoms with van der Waals surface area (Å²) in [6, 6.07) is 7.04. The monoisotopic (exact) mass is 258 g/mol. The predicted octanol–water partition coefficient (Wildman–Crippen LogP) is 1.26. The molecule has 0 unspecified atom stereocenters. The smallest absolute Gasteiger partial charge is 0.270 e. The van der Waals surface area contributed by atoms with Crippen LogP contribution in [0.1, 0.15) is 12.0 Å². The van der Waals surface area contributed by atoms with Gasteiger partial charge in [-0.3, -0.25) is 10.1 Å². The Kier molecular flexibility index (Phi) is 2.84. The number of hydrogen-bond donors (Lipinski definition) is 1. The van der Waals surface area contributed by atoms with Crippen molar-refractivity contribution in [1.29, 1.82) is 5.26 Å². The van der Waals surface area contributed by atoms with E-state index in [0.717, 1.165) is 31.7 Å². The van der Waals surface area contributed by atoms with Crippen LogP contribution >= 0.6 is 0 Å². The molecule has 2 aliphatic heterocycles. The second-order valence-electron chi connectivity index (χ2n) is 5.04. The SMILES string of the molecule is N#Cc1cc([N+](=O)[O-])ccc1N1CC[C@H]2CNC[C@H]21. The lowest BCUT2D eigenvalue weighted by Crippen LogP contribution is -2.34. The van der Waals surface area contributed by atoms with Crippen LogP contribution in [0.3, 0.4) is 0 Å². The first kappa shape index (κ1) is 11.9. The van der Waals surface area contributed by atoms with Crippen LogP contribution in [-0.2, 0) is 0 Å². The van der Waals surface area contributed by atoms with Crippen molar-refractivity contribution in [3.8, 4) is 6.07 Å². The standard InChI is InChI=1S/C13H14N4O2/c14-6-10-5-11(17(18)19)1-2-12(10)16-4-3-9-7-15-8-13(9)16/h1-2,5,9,13,15H,3-4,7-8H2/t9-,13+/m0/s1. The van der Waals surface area contributed by atoms with Gasteiger partial charge in [0.25, 0.3) is 5.69 Å². The molecule has 1 N–H and O–H groups in total. The molecule has 6 nitrogen and oxygen atoms in total. The minimum atomic E-state index is -0.464. The van der Waals surface area contributed by atoms with Gasteiger partial charge < -0.3 is 10.2 Å². The van der Waals surface area contributed by atoms with Crippen LogP contribution in [-0.4, -0.2) is 30.6 Å². The fraction of sp³-hybridized carbons (Fsp3) is 0.462. The number of nitriles is 1. The van der Waals surface area contributed by atoms with E-state index in [1.807, 2.05) is 0 Å². The Balaban J connectivity index is 1.97. The van der Waals surface area contributed by atoms with Gasteiger partial charge >= 0.3 is 0 Å². The molecule has 0 amide bonds. The Morgan fingerprint density at radius 1 is 1.47 bits per heavy atom. The molecule has 2 heterocycles. The van der Waals surface area contributed by atoms with Crippen molar-refractivity contribution in [2.75, 3.05) is 24.5 Å². The third kappa shape index (κ3) is 1.92. The summed E-state index contributed by atoms with van der Waals surface area (Å²) in [6.07, 6.45) is 1.11. The molecule has 3 rings (SSSR count). The van der Waals surface area contributed by atoms with Gasteiger partial charge in [0.1, 0.15) is 6.07 Å². The van der Waals surface area contributed by atoms with Crippen LogP contribution in [0.2, 0.25) is 0 Å². The number of fused-ring (bicyclic) bond motifs is 1. The highest BCUT2D eigenvalue weighted by Crippen LogP contribution is 2.34. The molecule has 1 aromatic rings. The number of benzene rings is 1. The molecule has 2 fully saturated rings. The first-order valence-corrected chi connectivity index (χ1v) is 6.36. The number of nitrogens with one attached hydrogen (secondary N) is 1. The predicted molar refractivity (Wildman–Crippen MR) is 69.9 cm³/mol. The summed E-state index contributed by atoms with van der Waals surface area (Å²) in [5, 5.41) is 23.3. The molecule has 0 saturated carbocycles. The van der Waals surface area contributed by atoms with Gasteiger partial charge in [-0.05, 0) is 18.4 Å². The number of nitrogens with zero attached hydrogens (tertiary/aromatic N) is 3. The number of anilines is 1. The van der Waals surface area contributed by atoms with Crippen LogP contribution in [0.5, 0.6) is 0 Å². The van der Waals surface area contributed by atoms with Crippen LogP contribution in [0.4, 0.5) is 11.4 Å². The fourth-order valence-electron chi connectivity index (χ4n) is 3.13. The lowest BCUT2D eigenvalue weighted by molar-refractivity contribution is -0.384. The molecular weight excluding hydrogens is 244 g/mol. The zero-order valence-corrected chi connectivity index (χ0v) is 10.4. The molecule has 0 bridgehead atoms. The maximum atomic E-state index is 10.8. The maximum Gasteiger partial charge on any atom is 0.270 e. The van der Waals surface area contributed by atoms with Crippen molar-refractivity contribution in [3.63, 3.8) is 0 Å². The quantitative estimate of drug-likeness (QED) is 0.638. The second kappa shape index (κ2) is 4.52. The maximum absolute atomic E-state index is 10.8. The zero-order valence-electron chi connectivity index (χ0n) is 10.4. The summed E-state index contributed by atoms with van der Waals surface area (Å²) in [4.78, 5) is 12.5. The minimum Gasteiger partial charge on any atom is -0.366 e. The third-order valence-electron chi connectivity index (χ3n) is 4.07. The highest BCUT2D eigenvalue weighted by atomic mass is 16.6. The van der Waals surface area contributed by atoms with Gasteiger partial charge in [0, 0.05) is 37.8 Å². The van der Waals surface area contributed by atoms with Crippen molar-refractivity contribution in [2.45, 2.75) is 12.5 Å². The minimum absolute atomic E-state index is 0.0272. The highest BCUT2D eigenvalue weighted by Gasteiger charge is 2.38. The summed E-state index contributed by atoms with van der Waals surface area (Å²) >= 11 is 0. The molecule has 2 atom stereocenters. The summed E-state index contributed by atoms with van der Waals surface area (Å²) in [6.45, 7) is 2.87. The van der Waals surface area contributed by atoms with Gasteiger partial charge in [-0.1, -0.05) is 0 Å². The van der Waals surface area contributed by atoms with Crippen molar-refractivity contribution < 1.29 is 4.92 Å². The van der Waals surface area contributed by atoms with E-state index in [2.05, 4.69) is 16.3 Å². The van der Waals surface area contributed by atoms with E-state index in [9.17, 15) is 15.4 Å². The van der Waals surface area contributed by atoms with Crippen LogP contribution in [0.25, 0.3) is 0 Å². The molecule has 0 radical (unpaired) electrons. The Bertz CT molecular complexity index is 566. The van der Waals surface area contributed by atoms with E-state index in [4.69, 9.17) is 0 Å². The number of non-ortho nitro benzene ring substituents is 1. The second-order valence-corrected chi connectivity index (χ2v) is 5.04. The zero-order chi connectivity index (χ0) is 13.4. The average Bonchev–Trinajstić information content (AvgIpc) is 3.00. The van der Waals surface area contributed by atoms with Gasteiger partial charge in [-0.15, -0.1) is 0 Å². The van der Waals surface area contributed by atoms with Gasteiger partial charge in [0.15, 0.2) is 0 Å². The molecular formula is C13H14N4O2. The van der Waals surface area contributed by atoms with Crippen molar-refractivity contribution in [2.24, 2.45) is 5.92 Å². The van der Waals surface area contributed by atoms with Crippen LogP contribution < -0.4 is 10.2 Å². The molecule has 0 spiro atoms. The van der Waals surface area contributed by atoms with Gasteiger partial charge in [0.05, 0.1) is 16.2 Å². The van der Waals surface area contributed by atoms with E-state index in [-0.39, 0.29) is 5.69 Å². The number of rotatable bonds is 2. The van der Waals surface area contributed by atoms with Crippen LogP contribution in [0.15, 0.2) is 18.2 Å². The van der Waals surface area contributed by atoms with Gasteiger partial charge in [0.2, 0.25) is 0 Å². The lowest BCUT2D eigenvalue weighted by Gasteiger charge is -2.26. The summed E-state index contributed by atoms with van der Waals surface area (Å²) in [7, 11) is 0. The topological polar surface area (TPSA) is 82.2 Å². The summed E-state index contributed by atoms with van der Waals surface area (Å²) < 4.78 is 0. The van der Waals surface area contributed by atoms with Crippen molar-refractivity contribution in [3.05, 3.63) is 33.9 Å². The fourth-order valence-corrected chi connectivity index (χ4v) is 3.13. The Labute approximate surface area is 110 Å². The highest BCUT2D eigenvalue weighted by molar-refractivity contribution is 5.64. The normalized spacial score (nSPS) is 25.1. The van der Waals surface area contributed by atoms with E-state index in [0.29, 0.717) is 17.5 Å². The van der Waals surface area contributed by atoms with E-state index in [1.165, 1.54) is 12.1 Å². The average molecular weight is 258 g/mol. The van der Waals surface area contributed by atoms with Gasteiger partial charge in [-0.2, -0.15) is 5.26 Å². The van der Waals surface area contributed by atoms with Crippen molar-refractivity contribution in [1.82, 2.24) is 5.32 Å². The number of nitro benzene ring substituents is 1. The molecule has 2 saturated heterocycles. The molecule has 6 heteroatoms. The Morgan fingerprint density at radius 2 is 2.32 bits per heavy atom. The molecule has 2 aliphatic rings. The first-order chi connectivity index (χ1) is 9.20. The number of nitro groups is 1. The Morgan fingerprint density at radius 3 is 3.05 bits per heavy atom. The summed E-state index contributed by atoms with van der Waals surface area (Å²) in [5.74, 6) is 0.627. The third-order valence-corrected chi connectivity index (χ3v) is 4.07. The van der Waals surface area contributed by atoms with E-state index >= 15 is 0 Å². The van der Waals surface area contributed by atoms with Crippen LogP contribution in [0, 0.1) is 27.4 Å². The summed E-state index contributed by atoms with van der Waals surface area (Å²) in [5.41, 5.74) is 1.19. The molecule has 0 aromatic heterocycles. The van der Waals surface area contributed by atoms with Crippen molar-refractivity contribution >= 4 is 11.4 Å². The van der Waals surface area contributed by atoms with Gasteiger partial charge in [-0.25, -0.2) is 0 Å². The lowest BCUT2D eigenvalue weighted by atomic mass is 10.0. The molecule has 98 valence electrons. The van der Waals surface area contributed by atoms with E-state index < -0.39 is 4.92 Å².